The summed E-state index contributed by atoms with van der Waals surface area (Å²) in [6.07, 6.45) is 3.47. The van der Waals surface area contributed by atoms with Gasteiger partial charge in [0.1, 0.15) is 13.1 Å². The zero-order valence-electron chi connectivity index (χ0n) is 9.36. The molecule has 1 fully saturated rings. The number of benzene rings is 1. The summed E-state index contributed by atoms with van der Waals surface area (Å²) >= 11 is 0. The number of quaternary nitrogens is 1. The van der Waals surface area contributed by atoms with Gasteiger partial charge in [0, 0.05) is 12.1 Å². The molecule has 4 heteroatoms. The van der Waals surface area contributed by atoms with Crippen LogP contribution >= 0.6 is 0 Å². The van der Waals surface area contributed by atoms with Gasteiger partial charge in [-0.05, 0) is 19.3 Å². The molecule has 86 valence electrons. The summed E-state index contributed by atoms with van der Waals surface area (Å²) in [7, 11) is 0. The first-order valence-electron chi connectivity index (χ1n) is 5.73. The van der Waals surface area contributed by atoms with Crippen LogP contribution in [0.25, 0.3) is 0 Å². The highest BCUT2D eigenvalue weighted by Gasteiger charge is 2.34. The van der Waals surface area contributed by atoms with E-state index in [9.17, 15) is 4.79 Å². The minimum Gasteiger partial charge on any atom is -0.348 e. The molecule has 0 aromatic heterocycles. The van der Waals surface area contributed by atoms with Gasteiger partial charge in [-0.1, -0.05) is 18.2 Å². The van der Waals surface area contributed by atoms with E-state index in [4.69, 9.17) is 5.73 Å². The molecule has 4 nitrogen and oxygen atoms in total. The van der Waals surface area contributed by atoms with Crippen molar-refractivity contribution in [2.75, 3.05) is 13.1 Å². The van der Waals surface area contributed by atoms with Crippen molar-refractivity contribution in [1.82, 2.24) is 10.0 Å². The predicted molar refractivity (Wildman–Crippen MR) is 64.5 cm³/mol. The van der Waals surface area contributed by atoms with E-state index in [-0.39, 0.29) is 0 Å². The number of piperidine rings is 1. The van der Waals surface area contributed by atoms with Gasteiger partial charge in [-0.2, -0.15) is 10.0 Å². The lowest BCUT2D eigenvalue weighted by Gasteiger charge is -2.39. The monoisotopic (exact) mass is 220 g/mol. The second kappa shape index (κ2) is 4.53. The summed E-state index contributed by atoms with van der Waals surface area (Å²) in [6, 6.07) is 9.60. The fourth-order valence-corrected chi connectivity index (χ4v) is 2.41. The lowest BCUT2D eigenvalue weighted by atomic mass is 10.1. The van der Waals surface area contributed by atoms with Crippen LogP contribution in [0.4, 0.5) is 10.5 Å². The van der Waals surface area contributed by atoms with Gasteiger partial charge in [0.15, 0.2) is 5.69 Å². The molecule has 1 heterocycles. The Labute approximate surface area is 95.6 Å². The number of carbonyl (C=O) groups is 1. The zero-order valence-corrected chi connectivity index (χ0v) is 9.36. The molecule has 0 aliphatic carbocycles. The fourth-order valence-electron chi connectivity index (χ4n) is 2.41. The second-order valence-corrected chi connectivity index (χ2v) is 4.29. The molecule has 0 atom stereocenters. The predicted octanol–water partition coefficient (Wildman–Crippen LogP) is 1.76. The molecule has 3 N–H and O–H groups in total. The van der Waals surface area contributed by atoms with Crippen LogP contribution in [0.2, 0.25) is 0 Å². The van der Waals surface area contributed by atoms with E-state index in [1.165, 1.54) is 6.42 Å². The Morgan fingerprint density at radius 2 is 1.75 bits per heavy atom. The van der Waals surface area contributed by atoms with E-state index in [2.05, 4.69) is 5.43 Å². The van der Waals surface area contributed by atoms with Crippen LogP contribution in [-0.4, -0.2) is 19.1 Å². The molecule has 1 aromatic carbocycles. The molecule has 1 aliphatic rings. The van der Waals surface area contributed by atoms with Crippen LogP contribution in [0.15, 0.2) is 30.3 Å². The molecule has 0 radical (unpaired) electrons. The minimum absolute atomic E-state index is 0.453. The molecule has 0 saturated carbocycles. The lowest BCUT2D eigenvalue weighted by molar-refractivity contribution is 0.162. The number of para-hydroxylation sites is 1. The highest BCUT2D eigenvalue weighted by atomic mass is 16.2. The Bertz CT molecular complexity index is 358. The summed E-state index contributed by atoms with van der Waals surface area (Å²) in [5, 5.41) is 0. The van der Waals surface area contributed by atoms with Crippen LogP contribution in [0.3, 0.4) is 0 Å². The summed E-state index contributed by atoms with van der Waals surface area (Å²) in [5.41, 5.74) is 9.28. The van der Waals surface area contributed by atoms with Gasteiger partial charge in [-0.25, -0.2) is 4.79 Å². The average molecular weight is 220 g/mol. The number of hydrogen-bond acceptors (Lipinski definition) is 1. The van der Waals surface area contributed by atoms with Crippen molar-refractivity contribution in [1.29, 1.82) is 0 Å². The normalized spacial score (nSPS) is 19.0. The Morgan fingerprint density at radius 1 is 1.12 bits per heavy atom. The number of carbonyl (C=O) groups excluding carboxylic acids is 1. The van der Waals surface area contributed by atoms with Gasteiger partial charge in [0.25, 0.3) is 0 Å². The molecule has 0 bridgehead atoms. The summed E-state index contributed by atoms with van der Waals surface area (Å²) in [4.78, 5) is 11.1. The van der Waals surface area contributed by atoms with Crippen LogP contribution in [-0.2, 0) is 0 Å². The number of urea groups is 1. The number of nitrogens with one attached hydrogen (secondary N) is 1. The Morgan fingerprint density at radius 3 is 2.31 bits per heavy atom. The number of nitrogens with zero attached hydrogens (tertiary/aromatic N) is 1. The van der Waals surface area contributed by atoms with Gasteiger partial charge in [-0.15, -0.1) is 0 Å². The third-order valence-corrected chi connectivity index (χ3v) is 3.15. The van der Waals surface area contributed by atoms with Gasteiger partial charge >= 0.3 is 6.03 Å². The lowest BCUT2D eigenvalue weighted by Crippen LogP contribution is -2.65. The number of amides is 2. The van der Waals surface area contributed by atoms with Crippen molar-refractivity contribution < 1.29 is 4.79 Å². The van der Waals surface area contributed by atoms with E-state index in [1.54, 1.807) is 0 Å². The third kappa shape index (κ3) is 2.17. The summed E-state index contributed by atoms with van der Waals surface area (Å²) in [5.74, 6) is 0. The quantitative estimate of drug-likeness (QED) is 0.733. The van der Waals surface area contributed by atoms with Gasteiger partial charge in [0.2, 0.25) is 0 Å². The topological polar surface area (TPSA) is 55.1 Å². The van der Waals surface area contributed by atoms with Crippen LogP contribution in [0, 0.1) is 0 Å². The Balaban J connectivity index is 2.29. The fraction of sp³-hybridized carbons (Fsp3) is 0.417. The van der Waals surface area contributed by atoms with Crippen molar-refractivity contribution >= 4 is 11.7 Å². The van der Waals surface area contributed by atoms with Crippen molar-refractivity contribution in [2.24, 2.45) is 5.73 Å². The largest absolute Gasteiger partial charge is 0.356 e. The molecule has 1 saturated heterocycles. The SMILES string of the molecule is NC(=O)N[N+]1(c2ccccc2)CCCCC1. The van der Waals surface area contributed by atoms with Gasteiger partial charge in [0.05, 0.1) is 0 Å². The zero-order chi connectivity index (χ0) is 11.4. The average Bonchev–Trinajstić information content (AvgIpc) is 2.30. The Kier molecular flexibility index (Phi) is 3.10. The smallest absolute Gasteiger partial charge is 0.348 e. The number of nitrogens with two attached hydrogens (primary N) is 1. The number of primary amides is 1. The molecule has 2 rings (SSSR count). The van der Waals surface area contributed by atoms with Crippen molar-refractivity contribution in [2.45, 2.75) is 19.3 Å². The van der Waals surface area contributed by atoms with Crippen molar-refractivity contribution in [3.05, 3.63) is 30.3 Å². The standard InChI is InChI=1S/C12H17N3O/c13-12(16)14-15(9-5-2-6-10-15)11-7-3-1-4-8-11/h1,3-4,7-8H,2,5-6,9-10H2,(H2-,13,14,16)/p+1. The van der Waals surface area contributed by atoms with Crippen LogP contribution in [0.1, 0.15) is 19.3 Å². The maximum Gasteiger partial charge on any atom is 0.356 e. The first kappa shape index (κ1) is 11.0. The highest BCUT2D eigenvalue weighted by molar-refractivity contribution is 5.73. The first-order chi connectivity index (χ1) is 7.73. The molecular formula is C12H18N3O+. The van der Waals surface area contributed by atoms with E-state index in [0.29, 0.717) is 4.59 Å². The first-order valence-corrected chi connectivity index (χ1v) is 5.73. The molecule has 2 amide bonds. The summed E-state index contributed by atoms with van der Waals surface area (Å²) in [6.45, 7) is 1.85. The molecule has 1 aliphatic heterocycles. The van der Waals surface area contributed by atoms with Crippen LogP contribution in [0.5, 0.6) is 0 Å². The molecule has 16 heavy (non-hydrogen) atoms. The molecule has 0 unspecified atom stereocenters. The minimum atomic E-state index is -0.453. The van der Waals surface area contributed by atoms with E-state index in [1.807, 2.05) is 30.3 Å². The molecule has 0 spiro atoms. The number of rotatable bonds is 2. The third-order valence-electron chi connectivity index (χ3n) is 3.15. The maximum absolute atomic E-state index is 11.1. The van der Waals surface area contributed by atoms with Gasteiger partial charge in [-0.3, -0.25) is 0 Å². The van der Waals surface area contributed by atoms with E-state index >= 15 is 0 Å². The van der Waals surface area contributed by atoms with Crippen molar-refractivity contribution in [3.8, 4) is 0 Å². The Hall–Kier alpha value is -1.55. The van der Waals surface area contributed by atoms with E-state index in [0.717, 1.165) is 31.6 Å². The molecular weight excluding hydrogens is 202 g/mol. The van der Waals surface area contributed by atoms with Gasteiger partial charge < -0.3 is 5.73 Å². The highest BCUT2D eigenvalue weighted by Crippen LogP contribution is 2.25. The number of hydrogen-bond donors (Lipinski definition) is 2. The summed E-state index contributed by atoms with van der Waals surface area (Å²) < 4.78 is 0.496. The second-order valence-electron chi connectivity index (χ2n) is 4.29. The van der Waals surface area contributed by atoms with Crippen LogP contribution < -0.4 is 15.8 Å². The molecule has 1 aromatic rings. The van der Waals surface area contributed by atoms with E-state index < -0.39 is 6.03 Å². The maximum atomic E-state index is 11.1. The van der Waals surface area contributed by atoms with Crippen molar-refractivity contribution in [3.63, 3.8) is 0 Å².